The van der Waals surface area contributed by atoms with Gasteiger partial charge in [0.15, 0.2) is 0 Å². The number of halogens is 2. The van der Waals surface area contributed by atoms with Gasteiger partial charge in [0.2, 0.25) is 0 Å². The lowest BCUT2D eigenvalue weighted by atomic mass is 10.1. The van der Waals surface area contributed by atoms with Crippen molar-refractivity contribution in [2.24, 2.45) is 0 Å². The molecule has 2 aliphatic rings. The van der Waals surface area contributed by atoms with Gasteiger partial charge in [0.1, 0.15) is 0 Å². The summed E-state index contributed by atoms with van der Waals surface area (Å²) in [5, 5.41) is 3.92. The molecule has 0 aliphatic carbocycles. The Balaban J connectivity index is 1.62. The van der Waals surface area contributed by atoms with Crippen LogP contribution in [0.4, 0.5) is 0 Å². The minimum Gasteiger partial charge on any atom is -0.336 e. The van der Waals surface area contributed by atoms with Crippen molar-refractivity contribution in [1.29, 1.82) is 0 Å². The van der Waals surface area contributed by atoms with Crippen molar-refractivity contribution in [1.82, 2.24) is 15.1 Å². The third-order valence-corrected chi connectivity index (χ3v) is 5.26. The first-order valence-corrected chi connectivity index (χ1v) is 8.01. The van der Waals surface area contributed by atoms with Crippen LogP contribution in [0.3, 0.4) is 0 Å². The number of carbonyl (C=O) groups excluding carboxylic acids is 1. The maximum absolute atomic E-state index is 12.5. The van der Waals surface area contributed by atoms with Crippen molar-refractivity contribution in [3.63, 3.8) is 0 Å². The van der Waals surface area contributed by atoms with Gasteiger partial charge in [-0.25, -0.2) is 0 Å². The molecule has 0 radical (unpaired) electrons. The Morgan fingerprint density at radius 3 is 2.50 bits per heavy atom. The van der Waals surface area contributed by atoms with Gasteiger partial charge in [-0.3, -0.25) is 9.69 Å². The van der Waals surface area contributed by atoms with Crippen LogP contribution in [0.1, 0.15) is 10.4 Å². The Hall–Kier alpha value is -0.620. The standard InChI is InChI=1S/C14H17BrClN3O/c15-12-7-10(1-2-13(12)16)14(20)19-5-3-18(4-6-19)11-8-17-9-11/h1-2,7,11,17H,3-6,8-9H2. The van der Waals surface area contributed by atoms with Gasteiger partial charge >= 0.3 is 0 Å². The monoisotopic (exact) mass is 357 g/mol. The molecule has 1 aromatic carbocycles. The summed E-state index contributed by atoms with van der Waals surface area (Å²) < 4.78 is 0.768. The largest absolute Gasteiger partial charge is 0.336 e. The quantitative estimate of drug-likeness (QED) is 0.876. The number of rotatable bonds is 2. The molecular weight excluding hydrogens is 342 g/mol. The van der Waals surface area contributed by atoms with E-state index < -0.39 is 0 Å². The molecule has 0 aromatic heterocycles. The van der Waals surface area contributed by atoms with E-state index >= 15 is 0 Å². The van der Waals surface area contributed by atoms with E-state index in [1.54, 1.807) is 18.2 Å². The van der Waals surface area contributed by atoms with Crippen molar-refractivity contribution in [2.75, 3.05) is 39.3 Å². The molecule has 1 amide bonds. The highest BCUT2D eigenvalue weighted by Gasteiger charge is 2.29. The average Bonchev–Trinajstić information content (AvgIpc) is 2.40. The highest BCUT2D eigenvalue weighted by Crippen LogP contribution is 2.24. The Morgan fingerprint density at radius 2 is 1.95 bits per heavy atom. The van der Waals surface area contributed by atoms with Gasteiger partial charge in [-0.1, -0.05) is 11.6 Å². The van der Waals surface area contributed by atoms with E-state index in [1.165, 1.54) is 0 Å². The summed E-state index contributed by atoms with van der Waals surface area (Å²) in [6.07, 6.45) is 0. The lowest BCUT2D eigenvalue weighted by Crippen LogP contribution is -2.62. The van der Waals surface area contributed by atoms with E-state index in [9.17, 15) is 4.79 Å². The van der Waals surface area contributed by atoms with Gasteiger partial charge in [0.05, 0.1) is 5.02 Å². The second kappa shape index (κ2) is 6.02. The van der Waals surface area contributed by atoms with Crippen LogP contribution in [0.5, 0.6) is 0 Å². The predicted octanol–water partition coefficient (Wildman–Crippen LogP) is 1.83. The topological polar surface area (TPSA) is 35.6 Å². The van der Waals surface area contributed by atoms with Crippen LogP contribution < -0.4 is 5.32 Å². The molecule has 3 rings (SSSR count). The number of carbonyl (C=O) groups is 1. The Labute approximate surface area is 132 Å². The van der Waals surface area contributed by atoms with E-state index in [0.29, 0.717) is 16.6 Å². The molecule has 1 aromatic rings. The number of piperazine rings is 1. The van der Waals surface area contributed by atoms with E-state index in [0.717, 1.165) is 43.7 Å². The van der Waals surface area contributed by atoms with Crippen LogP contribution in [0.25, 0.3) is 0 Å². The molecule has 20 heavy (non-hydrogen) atoms. The van der Waals surface area contributed by atoms with Crippen LogP contribution in [-0.4, -0.2) is 61.0 Å². The second-order valence-corrected chi connectivity index (χ2v) is 6.53. The van der Waals surface area contributed by atoms with Crippen LogP contribution in [0.15, 0.2) is 22.7 Å². The predicted molar refractivity (Wildman–Crippen MR) is 83.3 cm³/mol. The summed E-state index contributed by atoms with van der Waals surface area (Å²) in [4.78, 5) is 16.9. The van der Waals surface area contributed by atoms with Crippen molar-refractivity contribution in [3.8, 4) is 0 Å². The SMILES string of the molecule is O=C(c1ccc(Cl)c(Br)c1)N1CCN(C2CNC2)CC1. The maximum Gasteiger partial charge on any atom is 0.253 e. The van der Waals surface area contributed by atoms with Gasteiger partial charge in [0.25, 0.3) is 5.91 Å². The molecule has 0 spiro atoms. The fraction of sp³-hybridized carbons (Fsp3) is 0.500. The van der Waals surface area contributed by atoms with Crippen LogP contribution in [0, 0.1) is 0 Å². The molecule has 6 heteroatoms. The molecule has 2 saturated heterocycles. The summed E-state index contributed by atoms with van der Waals surface area (Å²) in [6.45, 7) is 5.70. The molecule has 0 unspecified atom stereocenters. The highest BCUT2D eigenvalue weighted by molar-refractivity contribution is 9.10. The third-order valence-electron chi connectivity index (χ3n) is 4.04. The molecule has 2 fully saturated rings. The Morgan fingerprint density at radius 1 is 1.25 bits per heavy atom. The van der Waals surface area contributed by atoms with Crippen LogP contribution >= 0.6 is 27.5 Å². The maximum atomic E-state index is 12.5. The Bertz CT molecular complexity index is 513. The summed E-state index contributed by atoms with van der Waals surface area (Å²) in [5.41, 5.74) is 0.694. The average molecular weight is 359 g/mol. The fourth-order valence-electron chi connectivity index (χ4n) is 2.63. The van der Waals surface area contributed by atoms with Gasteiger partial charge in [0, 0.05) is 55.3 Å². The lowest BCUT2D eigenvalue weighted by Gasteiger charge is -2.43. The zero-order valence-corrected chi connectivity index (χ0v) is 13.5. The number of nitrogens with zero attached hydrogens (tertiary/aromatic N) is 2. The highest BCUT2D eigenvalue weighted by atomic mass is 79.9. The fourth-order valence-corrected chi connectivity index (χ4v) is 3.13. The van der Waals surface area contributed by atoms with Gasteiger partial charge in [-0.15, -0.1) is 0 Å². The zero-order valence-electron chi connectivity index (χ0n) is 11.1. The number of hydrogen-bond donors (Lipinski definition) is 1. The number of hydrogen-bond acceptors (Lipinski definition) is 3. The molecule has 0 atom stereocenters. The van der Waals surface area contributed by atoms with Crippen molar-refractivity contribution < 1.29 is 4.79 Å². The minimum atomic E-state index is 0.0914. The first kappa shape index (κ1) is 14.3. The van der Waals surface area contributed by atoms with E-state index in [-0.39, 0.29) is 5.91 Å². The summed E-state index contributed by atoms with van der Waals surface area (Å²) in [5.74, 6) is 0.0914. The van der Waals surface area contributed by atoms with E-state index in [1.807, 2.05) is 4.90 Å². The number of nitrogens with one attached hydrogen (secondary N) is 1. The molecule has 0 bridgehead atoms. The van der Waals surface area contributed by atoms with Crippen molar-refractivity contribution >= 4 is 33.4 Å². The number of amides is 1. The zero-order chi connectivity index (χ0) is 14.1. The van der Waals surface area contributed by atoms with E-state index in [4.69, 9.17) is 11.6 Å². The van der Waals surface area contributed by atoms with Gasteiger partial charge < -0.3 is 10.2 Å². The molecule has 1 N–H and O–H groups in total. The molecule has 2 aliphatic heterocycles. The second-order valence-electron chi connectivity index (χ2n) is 5.27. The van der Waals surface area contributed by atoms with Crippen LogP contribution in [-0.2, 0) is 0 Å². The molecular formula is C14H17BrClN3O. The Kier molecular flexibility index (Phi) is 4.31. The molecule has 0 saturated carbocycles. The summed E-state index contributed by atoms with van der Waals surface area (Å²) in [7, 11) is 0. The lowest BCUT2D eigenvalue weighted by molar-refractivity contribution is 0.0502. The first-order chi connectivity index (χ1) is 9.65. The van der Waals surface area contributed by atoms with Crippen molar-refractivity contribution in [3.05, 3.63) is 33.3 Å². The van der Waals surface area contributed by atoms with E-state index in [2.05, 4.69) is 26.1 Å². The third kappa shape index (κ3) is 2.86. The molecule has 108 valence electrons. The molecule has 2 heterocycles. The van der Waals surface area contributed by atoms with Crippen molar-refractivity contribution in [2.45, 2.75) is 6.04 Å². The van der Waals surface area contributed by atoms with Crippen LogP contribution in [0.2, 0.25) is 5.02 Å². The summed E-state index contributed by atoms with van der Waals surface area (Å²) in [6, 6.07) is 6.01. The number of benzene rings is 1. The smallest absolute Gasteiger partial charge is 0.253 e. The van der Waals surface area contributed by atoms with Gasteiger partial charge in [-0.2, -0.15) is 0 Å². The van der Waals surface area contributed by atoms with Gasteiger partial charge in [-0.05, 0) is 34.1 Å². The minimum absolute atomic E-state index is 0.0914. The molecule has 4 nitrogen and oxygen atoms in total. The summed E-state index contributed by atoms with van der Waals surface area (Å²) >= 11 is 9.33. The normalized spacial score (nSPS) is 20.8. The first-order valence-electron chi connectivity index (χ1n) is 6.84.